The largest absolute Gasteiger partial charge is 0.310 e. The molecule has 2 saturated carbocycles. The van der Waals surface area contributed by atoms with Crippen molar-refractivity contribution >= 4 is 10.9 Å². The zero-order valence-electron chi connectivity index (χ0n) is 12.8. The Kier molecular flexibility index (Phi) is 3.42. The fourth-order valence-corrected chi connectivity index (χ4v) is 4.59. The van der Waals surface area contributed by atoms with Crippen molar-refractivity contribution in [3.63, 3.8) is 0 Å². The molecule has 3 atom stereocenters. The average molecular weight is 280 g/mol. The van der Waals surface area contributed by atoms with Crippen LogP contribution in [-0.2, 0) is 0 Å². The molecule has 3 unspecified atom stereocenters. The quantitative estimate of drug-likeness (QED) is 0.902. The van der Waals surface area contributed by atoms with Crippen molar-refractivity contribution in [3.8, 4) is 0 Å². The van der Waals surface area contributed by atoms with E-state index in [1.807, 2.05) is 12.3 Å². The van der Waals surface area contributed by atoms with Gasteiger partial charge in [-0.1, -0.05) is 44.0 Å². The molecule has 2 fully saturated rings. The summed E-state index contributed by atoms with van der Waals surface area (Å²) in [6.07, 6.45) is 7.67. The Morgan fingerprint density at radius 2 is 1.90 bits per heavy atom. The van der Waals surface area contributed by atoms with Crippen molar-refractivity contribution in [1.82, 2.24) is 10.3 Å². The number of benzene rings is 1. The highest BCUT2D eigenvalue weighted by atomic mass is 14.9. The predicted octanol–water partition coefficient (Wildman–Crippen LogP) is 4.32. The second-order valence-corrected chi connectivity index (χ2v) is 6.65. The highest BCUT2D eigenvalue weighted by molar-refractivity contribution is 5.82. The Hall–Kier alpha value is -1.41. The molecule has 2 aliphatic rings. The molecule has 1 N–H and O–H groups in total. The molecule has 0 aliphatic heterocycles. The van der Waals surface area contributed by atoms with Gasteiger partial charge in [0.05, 0.1) is 5.52 Å². The van der Waals surface area contributed by atoms with Crippen molar-refractivity contribution in [2.75, 3.05) is 6.54 Å². The number of aromatic nitrogens is 1. The zero-order chi connectivity index (χ0) is 14.2. The van der Waals surface area contributed by atoms with Crippen LogP contribution in [0.2, 0.25) is 0 Å². The normalized spacial score (nSPS) is 29.1. The molecule has 2 aromatic rings. The van der Waals surface area contributed by atoms with E-state index in [0.29, 0.717) is 6.04 Å². The minimum atomic E-state index is 0.488. The van der Waals surface area contributed by atoms with E-state index in [2.05, 4.69) is 41.5 Å². The zero-order valence-corrected chi connectivity index (χ0v) is 12.8. The fraction of sp³-hybridized carbons (Fsp3) is 0.526. The topological polar surface area (TPSA) is 24.9 Å². The number of pyridine rings is 1. The molecule has 2 aliphatic carbocycles. The Bertz CT molecular complexity index is 619. The van der Waals surface area contributed by atoms with Crippen LogP contribution in [-0.4, -0.2) is 11.5 Å². The van der Waals surface area contributed by atoms with E-state index >= 15 is 0 Å². The maximum atomic E-state index is 4.67. The fourth-order valence-electron chi connectivity index (χ4n) is 4.59. The monoisotopic (exact) mass is 280 g/mol. The highest BCUT2D eigenvalue weighted by Crippen LogP contribution is 2.60. The van der Waals surface area contributed by atoms with Gasteiger partial charge >= 0.3 is 0 Å². The van der Waals surface area contributed by atoms with Gasteiger partial charge in [-0.2, -0.15) is 0 Å². The Balaban J connectivity index is 1.73. The second-order valence-electron chi connectivity index (χ2n) is 6.65. The van der Waals surface area contributed by atoms with Gasteiger partial charge < -0.3 is 5.32 Å². The maximum absolute atomic E-state index is 4.67. The molecule has 2 nitrogen and oxygen atoms in total. The van der Waals surface area contributed by atoms with Crippen molar-refractivity contribution in [3.05, 3.63) is 42.1 Å². The molecule has 0 saturated heterocycles. The summed E-state index contributed by atoms with van der Waals surface area (Å²) >= 11 is 0. The Morgan fingerprint density at radius 1 is 1.14 bits per heavy atom. The summed E-state index contributed by atoms with van der Waals surface area (Å²) in [4.78, 5) is 4.67. The minimum absolute atomic E-state index is 0.488. The molecule has 4 rings (SSSR count). The first kappa shape index (κ1) is 13.3. The van der Waals surface area contributed by atoms with Crippen molar-refractivity contribution in [2.24, 2.45) is 17.8 Å². The number of nitrogens with zero attached hydrogens (tertiary/aromatic N) is 1. The first-order valence-corrected chi connectivity index (χ1v) is 8.47. The summed E-state index contributed by atoms with van der Waals surface area (Å²) in [6.45, 7) is 3.25. The Morgan fingerprint density at radius 3 is 2.67 bits per heavy atom. The van der Waals surface area contributed by atoms with Crippen LogP contribution < -0.4 is 5.32 Å². The molecular formula is C19H24N2. The van der Waals surface area contributed by atoms with E-state index in [0.717, 1.165) is 24.3 Å². The standard InChI is InChI=1S/C19H24N2/c1-2-20-19(17-14-9-3-4-10-15(14)17)16-11-5-7-13-8-6-12-21-18(13)16/h5-8,11-12,14-15,17,19-20H,2-4,9-10H2,1H3. The smallest absolute Gasteiger partial charge is 0.0749 e. The molecule has 110 valence electrons. The van der Waals surface area contributed by atoms with Crippen molar-refractivity contribution in [1.29, 1.82) is 0 Å². The number of hydrogen-bond donors (Lipinski definition) is 1. The first-order chi connectivity index (χ1) is 10.4. The van der Waals surface area contributed by atoms with Crippen molar-refractivity contribution in [2.45, 2.75) is 38.6 Å². The van der Waals surface area contributed by atoms with Gasteiger partial charge in [0.2, 0.25) is 0 Å². The molecule has 1 heterocycles. The predicted molar refractivity (Wildman–Crippen MR) is 87.1 cm³/mol. The minimum Gasteiger partial charge on any atom is -0.310 e. The van der Waals surface area contributed by atoms with Gasteiger partial charge in [0.25, 0.3) is 0 Å². The van der Waals surface area contributed by atoms with E-state index in [-0.39, 0.29) is 0 Å². The lowest BCUT2D eigenvalue weighted by molar-refractivity contribution is 0.459. The highest BCUT2D eigenvalue weighted by Gasteiger charge is 2.54. The molecule has 0 radical (unpaired) electrons. The summed E-state index contributed by atoms with van der Waals surface area (Å²) in [6, 6.07) is 11.3. The van der Waals surface area contributed by atoms with Crippen LogP contribution in [0.15, 0.2) is 36.5 Å². The van der Waals surface area contributed by atoms with E-state index in [1.54, 1.807) is 0 Å². The SMILES string of the molecule is CCNC(c1cccc2cccnc12)C1C2CCCCC21. The third-order valence-electron chi connectivity index (χ3n) is 5.53. The lowest BCUT2D eigenvalue weighted by atomic mass is 9.97. The molecule has 0 amide bonds. The van der Waals surface area contributed by atoms with Gasteiger partial charge in [-0.25, -0.2) is 0 Å². The number of fused-ring (bicyclic) bond motifs is 2. The van der Waals surface area contributed by atoms with Crippen LogP contribution in [0.25, 0.3) is 10.9 Å². The van der Waals surface area contributed by atoms with Crippen LogP contribution in [0.1, 0.15) is 44.2 Å². The molecule has 0 bridgehead atoms. The van der Waals surface area contributed by atoms with E-state index in [4.69, 9.17) is 0 Å². The van der Waals surface area contributed by atoms with Crippen LogP contribution in [0.3, 0.4) is 0 Å². The number of rotatable bonds is 4. The summed E-state index contributed by atoms with van der Waals surface area (Å²) in [5.41, 5.74) is 2.60. The van der Waals surface area contributed by atoms with Crippen LogP contribution in [0, 0.1) is 17.8 Å². The van der Waals surface area contributed by atoms with Gasteiger partial charge in [-0.05, 0) is 48.8 Å². The molecule has 21 heavy (non-hydrogen) atoms. The van der Waals surface area contributed by atoms with Gasteiger partial charge in [-0.3, -0.25) is 4.98 Å². The first-order valence-electron chi connectivity index (χ1n) is 8.47. The third-order valence-corrected chi connectivity index (χ3v) is 5.53. The number of para-hydroxylation sites is 1. The molecule has 1 aromatic carbocycles. The number of nitrogens with one attached hydrogen (secondary N) is 1. The summed E-state index contributed by atoms with van der Waals surface area (Å²) in [7, 11) is 0. The molecule has 0 spiro atoms. The number of hydrogen-bond acceptors (Lipinski definition) is 2. The van der Waals surface area contributed by atoms with Crippen LogP contribution in [0.4, 0.5) is 0 Å². The third kappa shape index (κ3) is 2.26. The molecular weight excluding hydrogens is 256 g/mol. The van der Waals surface area contributed by atoms with Gasteiger partial charge in [0.1, 0.15) is 0 Å². The summed E-state index contributed by atoms with van der Waals surface area (Å²) in [5.74, 6) is 2.75. The van der Waals surface area contributed by atoms with Crippen molar-refractivity contribution < 1.29 is 0 Å². The van der Waals surface area contributed by atoms with Gasteiger partial charge in [0, 0.05) is 17.6 Å². The summed E-state index contributed by atoms with van der Waals surface area (Å²) < 4.78 is 0. The van der Waals surface area contributed by atoms with Crippen LogP contribution in [0.5, 0.6) is 0 Å². The summed E-state index contributed by atoms with van der Waals surface area (Å²) in [5, 5.41) is 5.03. The molecule has 1 aromatic heterocycles. The van der Waals surface area contributed by atoms with E-state index < -0.39 is 0 Å². The lowest BCUT2D eigenvalue weighted by Crippen LogP contribution is -2.24. The molecule has 2 heteroatoms. The lowest BCUT2D eigenvalue weighted by Gasteiger charge is -2.20. The van der Waals surface area contributed by atoms with E-state index in [1.165, 1.54) is 42.1 Å². The van der Waals surface area contributed by atoms with Gasteiger partial charge in [-0.15, -0.1) is 0 Å². The second kappa shape index (κ2) is 5.42. The van der Waals surface area contributed by atoms with Gasteiger partial charge in [0.15, 0.2) is 0 Å². The average Bonchev–Trinajstić information content (AvgIpc) is 3.26. The van der Waals surface area contributed by atoms with E-state index in [9.17, 15) is 0 Å². The Labute approximate surface area is 127 Å². The van der Waals surface area contributed by atoms with Crippen LogP contribution >= 0.6 is 0 Å². The maximum Gasteiger partial charge on any atom is 0.0749 e.